The summed E-state index contributed by atoms with van der Waals surface area (Å²) >= 11 is 0. The second-order valence-corrected chi connectivity index (χ2v) is 7.11. The Labute approximate surface area is 93.3 Å². The predicted molar refractivity (Wildman–Crippen MR) is 54.1 cm³/mol. The van der Waals surface area contributed by atoms with E-state index in [4.69, 9.17) is 5.11 Å². The van der Waals surface area contributed by atoms with E-state index in [1.54, 1.807) is 0 Å². The van der Waals surface area contributed by atoms with Crippen LogP contribution in [0.1, 0.15) is 33.1 Å². The third-order valence-electron chi connectivity index (χ3n) is 3.55. The molecule has 0 bridgehead atoms. The zero-order chi connectivity index (χ0) is 12.4. The van der Waals surface area contributed by atoms with E-state index in [9.17, 15) is 18.0 Å². The van der Waals surface area contributed by atoms with Crippen LogP contribution in [0, 0.1) is 0 Å². The minimum absolute atomic E-state index is 0.212. The Balaban J connectivity index is 2.45. The number of hydrogen-bond donors (Lipinski definition) is 1. The lowest BCUT2D eigenvalue weighted by molar-refractivity contribution is -0.162. The average molecular weight is 247 g/mol. The van der Waals surface area contributed by atoms with Crippen molar-refractivity contribution in [2.75, 3.05) is 0 Å². The Bertz CT molecular complexity index is 474. The molecule has 0 aromatic heterocycles. The normalized spacial score (nSPS) is 29.1. The minimum atomic E-state index is -3.81. The highest BCUT2D eigenvalue weighted by molar-refractivity contribution is 7.94. The summed E-state index contributed by atoms with van der Waals surface area (Å²) in [4.78, 5) is 22.9. The molecule has 1 aliphatic heterocycles. The Kier molecular flexibility index (Phi) is 1.97. The second-order valence-electron chi connectivity index (χ2n) is 4.78. The first kappa shape index (κ1) is 11.4. The lowest BCUT2D eigenvalue weighted by Crippen LogP contribution is -2.77. The first-order valence-corrected chi connectivity index (χ1v) is 6.45. The summed E-state index contributed by atoms with van der Waals surface area (Å²) in [6, 6.07) is 0. The fourth-order valence-electron chi connectivity index (χ4n) is 2.09. The summed E-state index contributed by atoms with van der Waals surface area (Å²) in [7, 11) is -3.81. The number of nitrogens with zero attached hydrogens (tertiary/aromatic N) is 1. The molecule has 16 heavy (non-hydrogen) atoms. The van der Waals surface area contributed by atoms with Crippen LogP contribution in [-0.4, -0.2) is 40.0 Å². The van der Waals surface area contributed by atoms with Crippen molar-refractivity contribution in [2.45, 2.75) is 43.4 Å². The van der Waals surface area contributed by atoms with Crippen LogP contribution in [0.3, 0.4) is 0 Å². The number of amides is 1. The van der Waals surface area contributed by atoms with Crippen LogP contribution in [0.25, 0.3) is 0 Å². The predicted octanol–water partition coefficient (Wildman–Crippen LogP) is -0.0557. The molecule has 6 nitrogen and oxygen atoms in total. The number of aliphatic carboxylic acids is 1. The van der Waals surface area contributed by atoms with Crippen molar-refractivity contribution in [3.05, 3.63) is 0 Å². The molecule has 0 aromatic carbocycles. The molecule has 0 atom stereocenters. The molecule has 1 aliphatic carbocycles. The van der Waals surface area contributed by atoms with Crippen LogP contribution in [0.5, 0.6) is 0 Å². The standard InChI is InChI=1S/C9H13NO5S/c1-8(2)6(11)10(16(8,14)15)9(7(12)13)4-3-5-9/h3-5H2,1-2H3,(H,12,13). The molecule has 1 amide bonds. The molecule has 2 aliphatic rings. The minimum Gasteiger partial charge on any atom is -0.479 e. The van der Waals surface area contributed by atoms with Gasteiger partial charge in [-0.1, -0.05) is 0 Å². The fraction of sp³-hybridized carbons (Fsp3) is 0.778. The van der Waals surface area contributed by atoms with Crippen molar-refractivity contribution in [2.24, 2.45) is 0 Å². The zero-order valence-electron chi connectivity index (χ0n) is 9.06. The Morgan fingerprint density at radius 3 is 2.12 bits per heavy atom. The van der Waals surface area contributed by atoms with Gasteiger partial charge in [0.1, 0.15) is 0 Å². The lowest BCUT2D eigenvalue weighted by atomic mass is 9.76. The highest BCUT2D eigenvalue weighted by Gasteiger charge is 2.70. The number of rotatable bonds is 2. The van der Waals surface area contributed by atoms with Gasteiger partial charge in [0, 0.05) is 0 Å². The summed E-state index contributed by atoms with van der Waals surface area (Å²) in [5, 5.41) is 9.08. The van der Waals surface area contributed by atoms with Gasteiger partial charge >= 0.3 is 5.97 Å². The molecule has 7 heteroatoms. The van der Waals surface area contributed by atoms with Crippen LogP contribution in [-0.2, 0) is 19.6 Å². The molecule has 0 unspecified atom stereocenters. The monoisotopic (exact) mass is 247 g/mol. The van der Waals surface area contributed by atoms with E-state index < -0.39 is 32.2 Å². The van der Waals surface area contributed by atoms with E-state index in [0.29, 0.717) is 10.7 Å². The van der Waals surface area contributed by atoms with Crippen LogP contribution in [0.15, 0.2) is 0 Å². The third kappa shape index (κ3) is 0.946. The molecular weight excluding hydrogens is 234 g/mol. The maximum Gasteiger partial charge on any atom is 0.330 e. The van der Waals surface area contributed by atoms with Crippen LogP contribution >= 0.6 is 0 Å². The van der Waals surface area contributed by atoms with Crippen molar-refractivity contribution >= 4 is 21.9 Å². The number of carbonyl (C=O) groups excluding carboxylic acids is 1. The SMILES string of the molecule is CC1(C)C(=O)N(C2(C(=O)O)CCC2)S1(=O)=O. The number of carboxylic acid groups (broad SMARTS) is 1. The van der Waals surface area contributed by atoms with E-state index in [1.165, 1.54) is 13.8 Å². The smallest absolute Gasteiger partial charge is 0.330 e. The van der Waals surface area contributed by atoms with E-state index in [2.05, 4.69) is 0 Å². The van der Waals surface area contributed by atoms with Gasteiger partial charge in [0.25, 0.3) is 15.9 Å². The zero-order valence-corrected chi connectivity index (χ0v) is 9.87. The van der Waals surface area contributed by atoms with E-state index in [-0.39, 0.29) is 12.8 Å². The molecule has 2 rings (SSSR count). The molecule has 0 radical (unpaired) electrons. The molecular formula is C9H13NO5S. The molecule has 1 saturated carbocycles. The highest BCUT2D eigenvalue weighted by Crippen LogP contribution is 2.48. The number of sulfonamides is 1. The van der Waals surface area contributed by atoms with Gasteiger partial charge in [-0.2, -0.15) is 0 Å². The largest absolute Gasteiger partial charge is 0.479 e. The van der Waals surface area contributed by atoms with E-state index in [1.807, 2.05) is 0 Å². The Morgan fingerprint density at radius 1 is 1.38 bits per heavy atom. The maximum atomic E-state index is 11.9. The van der Waals surface area contributed by atoms with E-state index in [0.717, 1.165) is 0 Å². The molecule has 1 N–H and O–H groups in total. The lowest BCUT2D eigenvalue weighted by Gasteiger charge is -2.54. The summed E-state index contributed by atoms with van der Waals surface area (Å²) in [6.45, 7) is 2.60. The summed E-state index contributed by atoms with van der Waals surface area (Å²) < 4.78 is 22.8. The molecule has 1 heterocycles. The van der Waals surface area contributed by atoms with Gasteiger partial charge in [0.05, 0.1) is 0 Å². The molecule has 1 saturated heterocycles. The molecule has 0 aromatic rings. The number of carbonyl (C=O) groups is 2. The fourth-order valence-corrected chi connectivity index (χ4v) is 3.90. The van der Waals surface area contributed by atoms with Gasteiger partial charge in [-0.25, -0.2) is 17.5 Å². The summed E-state index contributed by atoms with van der Waals surface area (Å²) in [6.07, 6.45) is 1.05. The van der Waals surface area contributed by atoms with Crippen molar-refractivity contribution in [1.82, 2.24) is 4.31 Å². The summed E-state index contributed by atoms with van der Waals surface area (Å²) in [5.41, 5.74) is -1.51. The van der Waals surface area contributed by atoms with Crippen molar-refractivity contribution in [1.29, 1.82) is 0 Å². The van der Waals surface area contributed by atoms with Gasteiger partial charge in [-0.3, -0.25) is 4.79 Å². The van der Waals surface area contributed by atoms with E-state index >= 15 is 0 Å². The third-order valence-corrected chi connectivity index (χ3v) is 6.01. The molecule has 0 spiro atoms. The van der Waals surface area contributed by atoms with Gasteiger partial charge in [-0.05, 0) is 33.1 Å². The van der Waals surface area contributed by atoms with Gasteiger partial charge < -0.3 is 5.11 Å². The Hall–Kier alpha value is -1.11. The first-order valence-electron chi connectivity index (χ1n) is 5.01. The molecule has 2 fully saturated rings. The van der Waals surface area contributed by atoms with Gasteiger partial charge in [-0.15, -0.1) is 0 Å². The maximum absolute atomic E-state index is 11.9. The van der Waals surface area contributed by atoms with Crippen LogP contribution in [0.2, 0.25) is 0 Å². The van der Waals surface area contributed by atoms with Crippen molar-refractivity contribution in [3.8, 4) is 0 Å². The van der Waals surface area contributed by atoms with Crippen LogP contribution < -0.4 is 0 Å². The second kappa shape index (κ2) is 2.77. The average Bonchev–Trinajstić information content (AvgIpc) is 2.08. The van der Waals surface area contributed by atoms with Gasteiger partial charge in [0.15, 0.2) is 10.3 Å². The van der Waals surface area contributed by atoms with Crippen molar-refractivity contribution < 1.29 is 23.1 Å². The Morgan fingerprint density at radius 2 is 1.88 bits per heavy atom. The van der Waals surface area contributed by atoms with Gasteiger partial charge in [0.2, 0.25) is 0 Å². The topological polar surface area (TPSA) is 91.8 Å². The first-order chi connectivity index (χ1) is 7.18. The quantitative estimate of drug-likeness (QED) is 0.738. The summed E-state index contributed by atoms with van der Waals surface area (Å²) in [5.74, 6) is -1.85. The van der Waals surface area contributed by atoms with Crippen LogP contribution in [0.4, 0.5) is 0 Å². The van der Waals surface area contributed by atoms with Crippen molar-refractivity contribution in [3.63, 3.8) is 0 Å². The number of hydrogen-bond acceptors (Lipinski definition) is 4. The molecule has 90 valence electrons. The number of carboxylic acids is 1. The highest BCUT2D eigenvalue weighted by atomic mass is 32.2.